The second-order valence-electron chi connectivity index (χ2n) is 2.48. The maximum absolute atomic E-state index is 8.22. The normalized spacial score (nSPS) is 11.7. The lowest BCUT2D eigenvalue weighted by atomic mass is 10.3. The monoisotopic (exact) mass is 139 g/mol. The van der Waals surface area contributed by atoms with Gasteiger partial charge in [0.05, 0.1) is 18.8 Å². The van der Waals surface area contributed by atoms with Crippen LogP contribution in [0.4, 0.5) is 0 Å². The Morgan fingerprint density at radius 3 is 2.70 bits per heavy atom. The highest BCUT2D eigenvalue weighted by Crippen LogP contribution is 1.95. The van der Waals surface area contributed by atoms with Crippen LogP contribution in [0, 0.1) is 11.3 Å². The van der Waals surface area contributed by atoms with Crippen LogP contribution < -0.4 is 0 Å². The first-order valence-corrected chi connectivity index (χ1v) is 3.33. The van der Waals surface area contributed by atoms with Crippen LogP contribution in [0.5, 0.6) is 0 Å². The number of rotatable bonds is 3. The summed E-state index contributed by atoms with van der Waals surface area (Å²) in [4.78, 5) is 0. The summed E-state index contributed by atoms with van der Waals surface area (Å²) < 4.78 is 5.24. The molecule has 0 aliphatic rings. The van der Waals surface area contributed by atoms with Gasteiger partial charge >= 0.3 is 0 Å². The third-order valence-corrected chi connectivity index (χ3v) is 0.955. The first kappa shape index (κ1) is 9.19. The van der Waals surface area contributed by atoms with Gasteiger partial charge in [-0.05, 0) is 26.3 Å². The van der Waals surface area contributed by atoms with E-state index in [0.717, 1.165) is 5.57 Å². The molecule has 0 spiro atoms. The highest BCUT2D eigenvalue weighted by molar-refractivity contribution is 5.11. The van der Waals surface area contributed by atoms with Crippen LogP contribution in [0.2, 0.25) is 0 Å². The summed E-state index contributed by atoms with van der Waals surface area (Å²) in [6.45, 7) is 6.39. The van der Waals surface area contributed by atoms with Crippen molar-refractivity contribution in [3.63, 3.8) is 0 Å². The van der Waals surface area contributed by atoms with Crippen molar-refractivity contribution in [2.45, 2.75) is 26.9 Å². The molecule has 0 saturated heterocycles. The maximum Gasteiger partial charge on any atom is 0.0912 e. The van der Waals surface area contributed by atoms with Gasteiger partial charge in [0.2, 0.25) is 0 Å². The van der Waals surface area contributed by atoms with E-state index in [0.29, 0.717) is 6.61 Å². The molecular weight excluding hydrogens is 126 g/mol. The van der Waals surface area contributed by atoms with Crippen LogP contribution >= 0.6 is 0 Å². The Morgan fingerprint density at radius 1 is 1.70 bits per heavy atom. The number of ether oxygens (including phenoxy) is 1. The minimum absolute atomic E-state index is 0.238. The molecule has 0 radical (unpaired) electrons. The van der Waals surface area contributed by atoms with Crippen LogP contribution in [-0.4, -0.2) is 12.7 Å². The van der Waals surface area contributed by atoms with Crippen molar-refractivity contribution in [2.75, 3.05) is 6.61 Å². The van der Waals surface area contributed by atoms with Gasteiger partial charge in [-0.25, -0.2) is 0 Å². The van der Waals surface area contributed by atoms with Crippen molar-refractivity contribution in [1.29, 1.82) is 5.26 Å². The first-order chi connectivity index (χ1) is 4.66. The summed E-state index contributed by atoms with van der Waals surface area (Å²) in [6, 6.07) is 1.95. The Balaban J connectivity index is 3.51. The van der Waals surface area contributed by atoms with E-state index >= 15 is 0 Å². The third-order valence-electron chi connectivity index (χ3n) is 0.955. The van der Waals surface area contributed by atoms with Gasteiger partial charge in [-0.15, -0.1) is 0 Å². The molecule has 0 aromatic rings. The predicted molar refractivity (Wildman–Crippen MR) is 40.5 cm³/mol. The standard InChI is InChI=1S/C8H13NO/c1-7(2)10-6-8(3)4-5-9/h4,7H,6H2,1-3H3/b8-4-. The number of nitriles is 1. The lowest BCUT2D eigenvalue weighted by Crippen LogP contribution is -2.04. The zero-order valence-electron chi connectivity index (χ0n) is 6.72. The molecule has 0 heterocycles. The number of allylic oxidation sites excluding steroid dienone is 1. The summed E-state index contributed by atoms with van der Waals surface area (Å²) in [7, 11) is 0. The minimum Gasteiger partial charge on any atom is -0.374 e. The topological polar surface area (TPSA) is 33.0 Å². The number of hydrogen-bond donors (Lipinski definition) is 0. The molecule has 0 atom stereocenters. The van der Waals surface area contributed by atoms with E-state index in [1.807, 2.05) is 26.8 Å². The van der Waals surface area contributed by atoms with E-state index < -0.39 is 0 Å². The fourth-order valence-electron chi connectivity index (χ4n) is 0.450. The minimum atomic E-state index is 0.238. The van der Waals surface area contributed by atoms with Gasteiger partial charge in [0, 0.05) is 6.08 Å². The zero-order chi connectivity index (χ0) is 7.98. The summed E-state index contributed by atoms with van der Waals surface area (Å²) in [5.74, 6) is 0. The molecule has 0 rings (SSSR count). The fraction of sp³-hybridized carbons (Fsp3) is 0.625. The molecule has 0 aromatic carbocycles. The average Bonchev–Trinajstić information content (AvgIpc) is 1.85. The van der Waals surface area contributed by atoms with Crippen LogP contribution in [0.15, 0.2) is 11.6 Å². The molecule has 0 N–H and O–H groups in total. The summed E-state index contributed by atoms with van der Waals surface area (Å²) in [6.07, 6.45) is 1.74. The number of hydrogen-bond acceptors (Lipinski definition) is 2. The quantitative estimate of drug-likeness (QED) is 0.559. The molecule has 0 unspecified atom stereocenters. The van der Waals surface area contributed by atoms with E-state index in [4.69, 9.17) is 10.00 Å². The third kappa shape index (κ3) is 5.33. The Kier molecular flexibility index (Phi) is 4.61. The van der Waals surface area contributed by atoms with Gasteiger partial charge in [0.1, 0.15) is 0 Å². The average molecular weight is 139 g/mol. The van der Waals surface area contributed by atoms with Crippen molar-refractivity contribution in [3.8, 4) is 6.07 Å². The lowest BCUT2D eigenvalue weighted by Gasteiger charge is -2.05. The molecule has 0 bridgehead atoms. The fourth-order valence-corrected chi connectivity index (χ4v) is 0.450. The van der Waals surface area contributed by atoms with E-state index in [9.17, 15) is 0 Å². The molecule has 0 fully saturated rings. The van der Waals surface area contributed by atoms with Gasteiger partial charge in [-0.2, -0.15) is 5.26 Å². The SMILES string of the molecule is C/C(=C/C#N)COC(C)C. The highest BCUT2D eigenvalue weighted by Gasteiger charge is 1.92. The predicted octanol–water partition coefficient (Wildman–Crippen LogP) is 1.88. The second kappa shape index (κ2) is 5.01. The van der Waals surface area contributed by atoms with E-state index in [1.54, 1.807) is 0 Å². The van der Waals surface area contributed by atoms with Gasteiger partial charge in [0.15, 0.2) is 0 Å². The van der Waals surface area contributed by atoms with Crippen molar-refractivity contribution in [3.05, 3.63) is 11.6 Å². The van der Waals surface area contributed by atoms with Crippen molar-refractivity contribution >= 4 is 0 Å². The molecular formula is C8H13NO. The molecule has 0 aliphatic carbocycles. The van der Waals surface area contributed by atoms with Crippen LogP contribution in [0.25, 0.3) is 0 Å². The second-order valence-corrected chi connectivity index (χ2v) is 2.48. The van der Waals surface area contributed by atoms with Crippen LogP contribution in [-0.2, 0) is 4.74 Å². The van der Waals surface area contributed by atoms with Crippen molar-refractivity contribution in [2.24, 2.45) is 0 Å². The number of nitrogens with zero attached hydrogens (tertiary/aromatic N) is 1. The van der Waals surface area contributed by atoms with Gasteiger partial charge < -0.3 is 4.74 Å². The maximum atomic E-state index is 8.22. The Bertz CT molecular complexity index is 153. The van der Waals surface area contributed by atoms with E-state index in [2.05, 4.69) is 0 Å². The molecule has 0 aliphatic heterocycles. The largest absolute Gasteiger partial charge is 0.374 e. The lowest BCUT2D eigenvalue weighted by molar-refractivity contribution is 0.0973. The van der Waals surface area contributed by atoms with Crippen LogP contribution in [0.3, 0.4) is 0 Å². The first-order valence-electron chi connectivity index (χ1n) is 3.33. The Hall–Kier alpha value is -0.810. The highest BCUT2D eigenvalue weighted by atomic mass is 16.5. The molecule has 56 valence electrons. The van der Waals surface area contributed by atoms with Crippen molar-refractivity contribution in [1.82, 2.24) is 0 Å². The van der Waals surface area contributed by atoms with Gasteiger partial charge in [-0.3, -0.25) is 0 Å². The van der Waals surface area contributed by atoms with Gasteiger partial charge in [-0.1, -0.05) is 0 Å². The van der Waals surface area contributed by atoms with E-state index in [1.165, 1.54) is 6.08 Å². The molecule has 0 saturated carbocycles. The summed E-state index contributed by atoms with van der Waals surface area (Å²) >= 11 is 0. The Morgan fingerprint density at radius 2 is 2.30 bits per heavy atom. The summed E-state index contributed by atoms with van der Waals surface area (Å²) in [5, 5.41) is 8.22. The van der Waals surface area contributed by atoms with Crippen LogP contribution in [0.1, 0.15) is 20.8 Å². The molecule has 10 heavy (non-hydrogen) atoms. The molecule has 0 aromatic heterocycles. The van der Waals surface area contributed by atoms with Crippen molar-refractivity contribution < 1.29 is 4.74 Å². The molecule has 0 amide bonds. The molecule has 2 heteroatoms. The molecule has 2 nitrogen and oxygen atoms in total. The van der Waals surface area contributed by atoms with E-state index in [-0.39, 0.29) is 6.10 Å². The van der Waals surface area contributed by atoms with Gasteiger partial charge in [0.25, 0.3) is 0 Å². The smallest absolute Gasteiger partial charge is 0.0912 e. The zero-order valence-corrected chi connectivity index (χ0v) is 6.72. The summed E-state index contributed by atoms with van der Waals surface area (Å²) in [5.41, 5.74) is 0.969. The Labute approximate surface area is 62.1 Å².